The number of ether oxygens (including phenoxy) is 1. The molecule has 1 fully saturated rings. The van der Waals surface area contributed by atoms with Crippen LogP contribution in [0.25, 0.3) is 22.2 Å². The van der Waals surface area contributed by atoms with E-state index in [4.69, 9.17) is 4.74 Å². The molecule has 1 aliphatic heterocycles. The summed E-state index contributed by atoms with van der Waals surface area (Å²) in [6.45, 7) is 7.74. The minimum absolute atomic E-state index is 0.0767. The smallest absolute Gasteiger partial charge is 0.444 e. The lowest BCUT2D eigenvalue weighted by Crippen LogP contribution is -2.46. The Bertz CT molecular complexity index is 1510. The number of fused-ring (bicyclic) bond motifs is 1. The van der Waals surface area contributed by atoms with Crippen molar-refractivity contribution < 1.29 is 39.7 Å². The molecule has 0 spiro atoms. The standard InChI is InChI=1S/C26H28F4N4O5S/c1-15-11-16(13-17(27)12-15)19-14-31-20-5-6-21(39-40(36,37)26(28,29)30)33-22(20)23(19)34-9-7-18(8-10-34)32-24(35)38-25(2,3)4/h5-6,11-14,18H,7-10H2,1-4H3,(H,32,35). The van der Waals surface area contributed by atoms with Crippen molar-refractivity contribution in [3.63, 3.8) is 0 Å². The van der Waals surface area contributed by atoms with Gasteiger partial charge in [-0.25, -0.2) is 14.2 Å². The number of piperidine rings is 1. The second-order valence-electron chi connectivity index (χ2n) is 10.4. The van der Waals surface area contributed by atoms with Gasteiger partial charge in [-0.05, 0) is 69.9 Å². The van der Waals surface area contributed by atoms with E-state index in [-0.39, 0.29) is 17.1 Å². The van der Waals surface area contributed by atoms with Crippen molar-refractivity contribution in [2.75, 3.05) is 18.0 Å². The van der Waals surface area contributed by atoms with E-state index in [9.17, 15) is 30.8 Å². The van der Waals surface area contributed by atoms with Crippen LogP contribution in [0.3, 0.4) is 0 Å². The highest BCUT2D eigenvalue weighted by atomic mass is 32.2. The van der Waals surface area contributed by atoms with Crippen molar-refractivity contribution in [2.24, 2.45) is 0 Å². The Hall–Kier alpha value is -3.68. The number of alkyl halides is 3. The molecule has 1 aliphatic rings. The van der Waals surface area contributed by atoms with Crippen LogP contribution in [0.5, 0.6) is 5.88 Å². The number of carbonyl (C=O) groups excluding carboxylic acids is 1. The molecule has 3 heterocycles. The quantitative estimate of drug-likeness (QED) is 0.239. The number of carbonyl (C=O) groups is 1. The first-order valence-electron chi connectivity index (χ1n) is 12.3. The molecular formula is C26H28F4N4O5S. The number of anilines is 1. The molecule has 1 amide bonds. The lowest BCUT2D eigenvalue weighted by molar-refractivity contribution is -0.0501. The Labute approximate surface area is 228 Å². The maximum Gasteiger partial charge on any atom is 0.534 e. The maximum absolute atomic E-state index is 14.4. The largest absolute Gasteiger partial charge is 0.534 e. The minimum Gasteiger partial charge on any atom is -0.444 e. The summed E-state index contributed by atoms with van der Waals surface area (Å²) in [5, 5.41) is 2.84. The molecule has 0 bridgehead atoms. The highest BCUT2D eigenvalue weighted by Crippen LogP contribution is 2.39. The van der Waals surface area contributed by atoms with Crippen molar-refractivity contribution in [2.45, 2.75) is 57.7 Å². The van der Waals surface area contributed by atoms with Crippen LogP contribution in [0.15, 0.2) is 36.5 Å². The van der Waals surface area contributed by atoms with E-state index in [0.717, 1.165) is 6.07 Å². The second kappa shape index (κ2) is 10.7. The van der Waals surface area contributed by atoms with Gasteiger partial charge in [0, 0.05) is 37.0 Å². The van der Waals surface area contributed by atoms with Crippen LogP contribution in [0.4, 0.5) is 28.0 Å². The molecule has 216 valence electrons. The van der Waals surface area contributed by atoms with E-state index in [1.807, 2.05) is 4.90 Å². The Morgan fingerprint density at radius 1 is 1.10 bits per heavy atom. The van der Waals surface area contributed by atoms with E-state index < -0.39 is 39.0 Å². The van der Waals surface area contributed by atoms with Gasteiger partial charge in [0.25, 0.3) is 0 Å². The fraction of sp³-hybridized carbons (Fsp3) is 0.423. The number of hydrogen-bond donors (Lipinski definition) is 1. The van der Waals surface area contributed by atoms with Gasteiger partial charge in [-0.3, -0.25) is 4.98 Å². The van der Waals surface area contributed by atoms with Crippen molar-refractivity contribution in [1.29, 1.82) is 0 Å². The van der Waals surface area contributed by atoms with Crippen molar-refractivity contribution in [3.05, 3.63) is 47.9 Å². The van der Waals surface area contributed by atoms with Crippen LogP contribution < -0.4 is 14.4 Å². The number of hydrogen-bond acceptors (Lipinski definition) is 8. The zero-order chi connectivity index (χ0) is 29.5. The van der Waals surface area contributed by atoms with E-state index >= 15 is 0 Å². The molecule has 9 nitrogen and oxygen atoms in total. The molecule has 3 aromatic rings. The van der Waals surface area contributed by atoms with Crippen molar-refractivity contribution in [3.8, 4) is 17.0 Å². The number of nitrogens with zero attached hydrogens (tertiary/aromatic N) is 3. The third-order valence-electron chi connectivity index (χ3n) is 6.02. The Morgan fingerprint density at radius 2 is 1.77 bits per heavy atom. The lowest BCUT2D eigenvalue weighted by Gasteiger charge is -2.35. The first kappa shape index (κ1) is 29.3. The van der Waals surface area contributed by atoms with Gasteiger partial charge < -0.3 is 19.1 Å². The van der Waals surface area contributed by atoms with Crippen LogP contribution in [-0.4, -0.2) is 54.7 Å². The zero-order valence-electron chi connectivity index (χ0n) is 22.2. The molecular weight excluding hydrogens is 556 g/mol. The molecule has 40 heavy (non-hydrogen) atoms. The van der Waals surface area contributed by atoms with E-state index in [0.29, 0.717) is 48.3 Å². The third kappa shape index (κ3) is 6.72. The summed E-state index contributed by atoms with van der Waals surface area (Å²) in [4.78, 5) is 22.6. The van der Waals surface area contributed by atoms with Gasteiger partial charge in [0.1, 0.15) is 16.9 Å². The van der Waals surface area contributed by atoms with Crippen molar-refractivity contribution in [1.82, 2.24) is 15.3 Å². The van der Waals surface area contributed by atoms with Gasteiger partial charge >= 0.3 is 21.7 Å². The summed E-state index contributed by atoms with van der Waals surface area (Å²) >= 11 is 0. The van der Waals surface area contributed by atoms with Gasteiger partial charge in [-0.1, -0.05) is 6.07 Å². The molecule has 1 saturated heterocycles. The highest BCUT2D eigenvalue weighted by molar-refractivity contribution is 7.87. The minimum atomic E-state index is -5.96. The SMILES string of the molecule is Cc1cc(F)cc(-c2cnc3ccc(OS(=O)(=O)C(F)(F)F)nc3c2N2CCC(NC(=O)OC(C)(C)C)CC2)c1. The summed E-state index contributed by atoms with van der Waals surface area (Å²) in [7, 11) is -5.96. The topological polar surface area (TPSA) is 111 Å². The van der Waals surface area contributed by atoms with Crippen LogP contribution in [-0.2, 0) is 14.9 Å². The normalized spacial score (nSPS) is 15.2. The van der Waals surface area contributed by atoms with Crippen LogP contribution in [0.1, 0.15) is 39.2 Å². The van der Waals surface area contributed by atoms with Gasteiger partial charge in [0.05, 0.1) is 11.2 Å². The van der Waals surface area contributed by atoms with Crippen molar-refractivity contribution >= 4 is 32.9 Å². The van der Waals surface area contributed by atoms with Gasteiger partial charge in [0.2, 0.25) is 5.88 Å². The first-order valence-corrected chi connectivity index (χ1v) is 13.8. The summed E-state index contributed by atoms with van der Waals surface area (Å²) in [5.41, 5.74) is -4.03. The molecule has 2 aromatic heterocycles. The summed E-state index contributed by atoms with van der Waals surface area (Å²) in [5.74, 6) is -1.29. The van der Waals surface area contributed by atoms with E-state index in [1.54, 1.807) is 33.8 Å². The van der Waals surface area contributed by atoms with Gasteiger partial charge in [-0.2, -0.15) is 21.6 Å². The molecule has 1 aromatic carbocycles. The predicted octanol–water partition coefficient (Wildman–Crippen LogP) is 5.47. The first-order chi connectivity index (χ1) is 18.5. The molecule has 0 saturated carbocycles. The number of nitrogens with one attached hydrogen (secondary N) is 1. The van der Waals surface area contributed by atoms with Gasteiger partial charge in [-0.15, -0.1) is 0 Å². The average Bonchev–Trinajstić information content (AvgIpc) is 2.81. The lowest BCUT2D eigenvalue weighted by atomic mass is 9.98. The average molecular weight is 585 g/mol. The molecule has 0 radical (unpaired) electrons. The number of alkyl carbamates (subject to hydrolysis) is 1. The van der Waals surface area contributed by atoms with Crippen LogP contribution >= 0.6 is 0 Å². The number of rotatable bonds is 5. The van der Waals surface area contributed by atoms with Crippen LogP contribution in [0, 0.1) is 12.7 Å². The molecule has 14 heteroatoms. The number of pyridine rings is 2. The predicted molar refractivity (Wildman–Crippen MR) is 140 cm³/mol. The number of benzene rings is 1. The third-order valence-corrected chi connectivity index (χ3v) is 6.98. The summed E-state index contributed by atoms with van der Waals surface area (Å²) in [6.07, 6.45) is 1.93. The molecule has 0 unspecified atom stereocenters. The Morgan fingerprint density at radius 3 is 2.38 bits per heavy atom. The molecule has 4 rings (SSSR count). The van der Waals surface area contributed by atoms with E-state index in [1.165, 1.54) is 24.4 Å². The zero-order valence-corrected chi connectivity index (χ0v) is 23.0. The Kier molecular flexibility index (Phi) is 7.85. The summed E-state index contributed by atoms with van der Waals surface area (Å²) < 4.78 is 86.0. The fourth-order valence-corrected chi connectivity index (χ4v) is 4.80. The maximum atomic E-state index is 14.4. The fourth-order valence-electron chi connectivity index (χ4n) is 4.39. The number of halogens is 4. The molecule has 0 atom stereocenters. The highest BCUT2D eigenvalue weighted by Gasteiger charge is 2.49. The number of aryl methyl sites for hydroxylation is 1. The second-order valence-corrected chi connectivity index (χ2v) is 12.0. The van der Waals surface area contributed by atoms with Crippen LogP contribution in [0.2, 0.25) is 0 Å². The Balaban J connectivity index is 1.74. The number of amides is 1. The number of aromatic nitrogens is 2. The molecule has 0 aliphatic carbocycles. The molecule has 1 N–H and O–H groups in total. The van der Waals surface area contributed by atoms with E-state index in [2.05, 4.69) is 19.5 Å². The van der Waals surface area contributed by atoms with Gasteiger partial charge in [0.15, 0.2) is 0 Å². The summed E-state index contributed by atoms with van der Waals surface area (Å²) in [6, 6.07) is 6.43. The monoisotopic (exact) mass is 584 g/mol.